The molecule has 2 aliphatic heterocycles. The van der Waals surface area contributed by atoms with Crippen LogP contribution in [0, 0.1) is 46.8 Å². The first-order valence-corrected chi connectivity index (χ1v) is 16.1. The van der Waals surface area contributed by atoms with Crippen molar-refractivity contribution in [3.8, 4) is 11.5 Å². The number of anilines is 2. The maximum atomic E-state index is 15.2. The minimum atomic E-state index is -2.71. The van der Waals surface area contributed by atoms with Gasteiger partial charge in [0.25, 0.3) is 11.8 Å². The summed E-state index contributed by atoms with van der Waals surface area (Å²) in [5.41, 5.74) is -1.33. The van der Waals surface area contributed by atoms with E-state index in [2.05, 4.69) is 15.9 Å². The molecule has 0 aromatic heterocycles. The Hall–Kier alpha value is -4.01. The van der Waals surface area contributed by atoms with Crippen molar-refractivity contribution in [2.45, 2.75) is 28.5 Å². The van der Waals surface area contributed by atoms with Crippen LogP contribution in [0.25, 0.3) is 0 Å². The Morgan fingerprint density at radius 2 is 1.45 bits per heavy atom. The highest BCUT2D eigenvalue weighted by Gasteiger charge is 2.77. The van der Waals surface area contributed by atoms with Crippen LogP contribution in [0.1, 0.15) is 24.3 Å². The van der Waals surface area contributed by atoms with Gasteiger partial charge < -0.3 is 9.84 Å². The zero-order valence-electron chi connectivity index (χ0n) is 24.7. The monoisotopic (exact) mass is 784 g/mol. The molecule has 16 heteroatoms. The van der Waals surface area contributed by atoms with Crippen LogP contribution in [0.3, 0.4) is 0 Å². The van der Waals surface area contributed by atoms with Crippen molar-refractivity contribution < 1.29 is 51.0 Å². The number of hydrogen-bond acceptors (Lipinski definition) is 6. The smallest absolute Gasteiger partial charge is 0.258 e. The fourth-order valence-corrected chi connectivity index (χ4v) is 8.87. The Morgan fingerprint density at radius 1 is 0.837 bits per heavy atom. The summed E-state index contributed by atoms with van der Waals surface area (Å²) >= 11 is 17.5. The van der Waals surface area contributed by atoms with Crippen LogP contribution >= 0.6 is 39.1 Å². The molecule has 0 bridgehead atoms. The van der Waals surface area contributed by atoms with Crippen LogP contribution in [0.15, 0.2) is 58.6 Å². The summed E-state index contributed by atoms with van der Waals surface area (Å²) in [5, 5.41) is 10.7. The number of aromatic hydroxyl groups is 1. The molecule has 254 valence electrons. The minimum Gasteiger partial charge on any atom is -0.504 e. The molecule has 6 atom stereocenters. The Balaban J connectivity index is 1.43. The van der Waals surface area contributed by atoms with Crippen LogP contribution in [0.2, 0.25) is 0 Å². The number of carbonyl (C=O) groups excluding carboxylic acids is 4. The molecule has 3 fully saturated rings. The zero-order chi connectivity index (χ0) is 35.5. The highest BCUT2D eigenvalue weighted by molar-refractivity contribution is 9.10. The molecule has 4 amide bonds. The van der Waals surface area contributed by atoms with Gasteiger partial charge in [0.15, 0.2) is 44.5 Å². The van der Waals surface area contributed by atoms with Crippen molar-refractivity contribution >= 4 is 74.1 Å². The van der Waals surface area contributed by atoms with E-state index in [1.807, 2.05) is 0 Å². The van der Waals surface area contributed by atoms with E-state index >= 15 is 8.78 Å². The van der Waals surface area contributed by atoms with Gasteiger partial charge in [0.2, 0.25) is 17.6 Å². The third-order valence-electron chi connectivity index (χ3n) is 9.84. The molecular formula is C33H20BrCl2F5N2O6. The third kappa shape index (κ3) is 4.32. The van der Waals surface area contributed by atoms with Crippen molar-refractivity contribution in [1.29, 1.82) is 0 Å². The molecule has 1 saturated carbocycles. The number of amides is 4. The highest BCUT2D eigenvalue weighted by Crippen LogP contribution is 2.66. The number of allylic oxidation sites excluding steroid dienone is 2. The average Bonchev–Trinajstić information content (AvgIpc) is 3.41. The van der Waals surface area contributed by atoms with E-state index in [-0.39, 0.29) is 33.9 Å². The van der Waals surface area contributed by atoms with Crippen LogP contribution in [0.5, 0.6) is 11.5 Å². The molecule has 6 unspecified atom stereocenters. The summed E-state index contributed by atoms with van der Waals surface area (Å²) in [6.45, 7) is 0. The molecule has 3 aromatic carbocycles. The van der Waals surface area contributed by atoms with Gasteiger partial charge in [0.1, 0.15) is 5.69 Å². The second-order valence-electron chi connectivity index (χ2n) is 12.1. The number of rotatable bonds is 4. The fraction of sp³-hybridized carbons (Fsp3) is 0.273. The average molecular weight is 786 g/mol. The van der Waals surface area contributed by atoms with Gasteiger partial charge in [-0.2, -0.15) is 0 Å². The van der Waals surface area contributed by atoms with E-state index in [9.17, 15) is 37.5 Å². The molecule has 8 nitrogen and oxygen atoms in total. The van der Waals surface area contributed by atoms with Gasteiger partial charge >= 0.3 is 0 Å². The Bertz CT molecular complexity index is 2040. The van der Waals surface area contributed by atoms with Crippen molar-refractivity contribution in [3.05, 3.63) is 93.2 Å². The van der Waals surface area contributed by atoms with Crippen LogP contribution in [0.4, 0.5) is 33.3 Å². The summed E-state index contributed by atoms with van der Waals surface area (Å²) in [4.78, 5) is 51.8. The number of phenols is 1. The number of alkyl halides is 2. The number of benzene rings is 3. The molecule has 7 rings (SSSR count). The standard InChI is InChI=1S/C33H20BrCl2F5N2O6/c1-49-19-9-2-12(10-18(19)44)21-15-7-8-16-20(29(46)42(28(16)45)14-5-3-13(34)4-6-14)17(15)11-32(35)30(47)43(31(48)33(21,32)36)27-25(40)23(38)22(37)24(39)26(27)41/h2-7,9-10,16-17,20-21,44H,8,11H2,1H3. The topological polar surface area (TPSA) is 104 Å². The second-order valence-corrected chi connectivity index (χ2v) is 14.3. The first-order chi connectivity index (χ1) is 23.1. The number of methoxy groups -OCH3 is 1. The lowest BCUT2D eigenvalue weighted by molar-refractivity contribution is -0.125. The SMILES string of the molecule is COc1ccc(C2C3=CCC4C(=O)N(c5ccc(Br)cc5)C(=O)C4C3CC3(Cl)C(=O)N(c4c(F)c(F)c(F)c(F)c4F)C(=O)C23Cl)cc1O. The van der Waals surface area contributed by atoms with Crippen molar-refractivity contribution in [3.63, 3.8) is 0 Å². The zero-order valence-corrected chi connectivity index (χ0v) is 27.8. The first-order valence-electron chi connectivity index (χ1n) is 14.6. The van der Waals surface area contributed by atoms with E-state index < -0.39 is 104 Å². The fourth-order valence-electron chi connectivity index (χ4n) is 7.67. The summed E-state index contributed by atoms with van der Waals surface area (Å²) < 4.78 is 78.9. The van der Waals surface area contributed by atoms with E-state index in [1.165, 1.54) is 19.2 Å². The lowest BCUT2D eigenvalue weighted by atomic mass is 9.56. The van der Waals surface area contributed by atoms with Crippen molar-refractivity contribution in [2.24, 2.45) is 17.8 Å². The number of phenolic OH excluding ortho intramolecular Hbond substituents is 1. The molecule has 49 heavy (non-hydrogen) atoms. The summed E-state index contributed by atoms with van der Waals surface area (Å²) in [6.07, 6.45) is 0.888. The van der Waals surface area contributed by atoms with Gasteiger partial charge in [-0.15, -0.1) is 23.2 Å². The predicted octanol–water partition coefficient (Wildman–Crippen LogP) is 6.63. The molecule has 2 aliphatic carbocycles. The van der Waals surface area contributed by atoms with Gasteiger partial charge in [-0.25, -0.2) is 26.9 Å². The van der Waals surface area contributed by atoms with Gasteiger partial charge in [0.05, 0.1) is 24.6 Å². The number of imide groups is 2. The number of ether oxygens (including phenoxy) is 1. The minimum absolute atomic E-state index is 0.00637. The Kier molecular flexibility index (Phi) is 7.69. The lowest BCUT2D eigenvalue weighted by Crippen LogP contribution is -2.60. The normalized spacial score (nSPS) is 29.2. The van der Waals surface area contributed by atoms with Crippen molar-refractivity contribution in [1.82, 2.24) is 0 Å². The van der Waals surface area contributed by atoms with Gasteiger partial charge in [0, 0.05) is 10.4 Å². The van der Waals surface area contributed by atoms with Crippen LogP contribution < -0.4 is 14.5 Å². The molecule has 0 radical (unpaired) electrons. The van der Waals surface area contributed by atoms with Gasteiger partial charge in [-0.3, -0.25) is 24.1 Å². The third-order valence-corrected chi connectivity index (χ3v) is 11.8. The Labute approximate surface area is 292 Å². The van der Waals surface area contributed by atoms with Crippen molar-refractivity contribution in [2.75, 3.05) is 16.9 Å². The van der Waals surface area contributed by atoms with Crippen LogP contribution in [-0.2, 0) is 19.2 Å². The molecular weight excluding hydrogens is 766 g/mol. The maximum Gasteiger partial charge on any atom is 0.258 e. The summed E-state index contributed by atoms with van der Waals surface area (Å²) in [5.74, 6) is -21.9. The van der Waals surface area contributed by atoms with Gasteiger partial charge in [-0.1, -0.05) is 33.6 Å². The first kappa shape index (κ1) is 33.5. The quantitative estimate of drug-likeness (QED) is 0.0797. The van der Waals surface area contributed by atoms with Gasteiger partial charge in [-0.05, 0) is 60.7 Å². The lowest BCUT2D eigenvalue weighted by Gasteiger charge is -2.50. The number of nitrogens with zero attached hydrogens (tertiary/aromatic N) is 2. The number of carbonyl (C=O) groups is 4. The molecule has 1 N–H and O–H groups in total. The predicted molar refractivity (Wildman–Crippen MR) is 168 cm³/mol. The van der Waals surface area contributed by atoms with E-state index in [0.29, 0.717) is 4.47 Å². The Morgan fingerprint density at radius 3 is 2.04 bits per heavy atom. The van der Waals surface area contributed by atoms with Crippen LogP contribution in [-0.4, -0.2) is 45.6 Å². The second kappa shape index (κ2) is 11.3. The molecule has 2 saturated heterocycles. The summed E-state index contributed by atoms with van der Waals surface area (Å²) in [6, 6.07) is 10.2. The molecule has 3 aromatic rings. The largest absolute Gasteiger partial charge is 0.504 e. The van der Waals surface area contributed by atoms with E-state index in [1.54, 1.807) is 30.3 Å². The molecule has 4 aliphatic rings. The summed E-state index contributed by atoms with van der Waals surface area (Å²) in [7, 11) is 1.27. The highest BCUT2D eigenvalue weighted by atomic mass is 79.9. The maximum absolute atomic E-state index is 15.2. The molecule has 0 spiro atoms. The van der Waals surface area contributed by atoms with E-state index in [4.69, 9.17) is 27.9 Å². The number of halogens is 8. The number of hydrogen-bond donors (Lipinski definition) is 1. The number of fused-ring (bicyclic) bond motifs is 4. The van der Waals surface area contributed by atoms with E-state index in [0.717, 1.165) is 11.0 Å². The molecule has 2 heterocycles.